The van der Waals surface area contributed by atoms with Crippen LogP contribution in [0.3, 0.4) is 0 Å². The number of nitrogens with zero attached hydrogens (tertiary/aromatic N) is 2. The number of carbonyl (C=O) groups excluding carboxylic acids is 1. The van der Waals surface area contributed by atoms with Gasteiger partial charge in [-0.05, 0) is 37.6 Å². The molecule has 0 aliphatic heterocycles. The number of nitrogens with one attached hydrogen (secondary N) is 1. The predicted octanol–water partition coefficient (Wildman–Crippen LogP) is 4.75. The molecule has 3 aromatic rings. The number of hydrogen-bond donors (Lipinski definition) is 1. The van der Waals surface area contributed by atoms with E-state index in [1.165, 1.54) is 0 Å². The Balaban J connectivity index is 1.67. The molecule has 0 unspecified atom stereocenters. The highest BCUT2D eigenvalue weighted by molar-refractivity contribution is 5.94. The van der Waals surface area contributed by atoms with Crippen molar-refractivity contribution in [1.29, 1.82) is 0 Å². The van der Waals surface area contributed by atoms with E-state index < -0.39 is 0 Å². The monoisotopic (exact) mass is 389 g/mol. The van der Waals surface area contributed by atoms with Crippen LogP contribution in [0.4, 0.5) is 5.82 Å². The number of pyridine rings is 1. The molecule has 0 atom stereocenters. The van der Waals surface area contributed by atoms with Gasteiger partial charge in [0.25, 0.3) is 5.91 Å². The third kappa shape index (κ3) is 5.35. The number of benzene rings is 2. The topological polar surface area (TPSA) is 54.5 Å². The van der Waals surface area contributed by atoms with Crippen LogP contribution in [-0.4, -0.2) is 28.9 Å². The second-order valence-electron chi connectivity index (χ2n) is 7.11. The number of amides is 1. The number of rotatable bonds is 8. The summed E-state index contributed by atoms with van der Waals surface area (Å²) in [6.45, 7) is 5.22. The van der Waals surface area contributed by atoms with Crippen LogP contribution in [0.2, 0.25) is 0 Å². The molecule has 1 aromatic heterocycles. The Morgan fingerprint density at radius 3 is 2.41 bits per heavy atom. The third-order valence-corrected chi connectivity index (χ3v) is 4.74. The lowest BCUT2D eigenvalue weighted by molar-refractivity contribution is 0.0690. The molecule has 0 spiro atoms. The molecule has 2 aromatic carbocycles. The molecule has 29 heavy (non-hydrogen) atoms. The second-order valence-corrected chi connectivity index (χ2v) is 7.11. The molecule has 5 heteroatoms. The normalized spacial score (nSPS) is 10.6. The highest BCUT2D eigenvalue weighted by Gasteiger charge is 2.19. The Kier molecular flexibility index (Phi) is 6.85. The first-order chi connectivity index (χ1) is 14.1. The minimum atomic E-state index is -0.0207. The number of hydrogen-bond acceptors (Lipinski definition) is 4. The van der Waals surface area contributed by atoms with Gasteiger partial charge in [-0.3, -0.25) is 4.79 Å². The van der Waals surface area contributed by atoms with Crippen molar-refractivity contribution < 1.29 is 9.53 Å². The highest BCUT2D eigenvalue weighted by atomic mass is 16.5. The average molecular weight is 389 g/mol. The van der Waals surface area contributed by atoms with E-state index in [2.05, 4.69) is 10.3 Å². The first-order valence-corrected chi connectivity index (χ1v) is 9.75. The van der Waals surface area contributed by atoms with Crippen LogP contribution in [0.25, 0.3) is 0 Å². The second kappa shape index (κ2) is 9.73. The maximum absolute atomic E-state index is 13.0. The van der Waals surface area contributed by atoms with E-state index in [0.29, 0.717) is 24.5 Å². The maximum atomic E-state index is 13.0. The molecule has 150 valence electrons. The van der Waals surface area contributed by atoms with Crippen molar-refractivity contribution in [1.82, 2.24) is 9.88 Å². The van der Waals surface area contributed by atoms with Gasteiger partial charge in [0.15, 0.2) is 0 Å². The van der Waals surface area contributed by atoms with Crippen molar-refractivity contribution in [2.45, 2.75) is 33.0 Å². The standard InChI is InChI=1S/C24H27N3O2/c1-18(2)27(17-19-9-5-4-6-10-19)24(28)21-13-14-23(26-16-21)25-15-20-11-7-8-12-22(20)29-3/h4-14,16,18H,15,17H2,1-3H3,(H,25,26). The van der Waals surface area contributed by atoms with Crippen LogP contribution in [-0.2, 0) is 13.1 Å². The molecule has 5 nitrogen and oxygen atoms in total. The van der Waals surface area contributed by atoms with Gasteiger partial charge in [-0.2, -0.15) is 0 Å². The zero-order valence-corrected chi connectivity index (χ0v) is 17.1. The molecule has 0 saturated heterocycles. The SMILES string of the molecule is COc1ccccc1CNc1ccc(C(=O)N(Cc2ccccc2)C(C)C)cn1. The fourth-order valence-corrected chi connectivity index (χ4v) is 3.09. The van der Waals surface area contributed by atoms with Gasteiger partial charge in [-0.1, -0.05) is 48.5 Å². The number of ether oxygens (including phenoxy) is 1. The summed E-state index contributed by atoms with van der Waals surface area (Å²) in [5.41, 5.74) is 2.74. The van der Waals surface area contributed by atoms with Gasteiger partial charge in [0.05, 0.1) is 12.7 Å². The summed E-state index contributed by atoms with van der Waals surface area (Å²) in [7, 11) is 1.66. The van der Waals surface area contributed by atoms with E-state index in [0.717, 1.165) is 16.9 Å². The lowest BCUT2D eigenvalue weighted by atomic mass is 10.1. The average Bonchev–Trinajstić information content (AvgIpc) is 2.76. The van der Waals surface area contributed by atoms with Gasteiger partial charge >= 0.3 is 0 Å². The summed E-state index contributed by atoms with van der Waals surface area (Å²) in [6.07, 6.45) is 1.63. The van der Waals surface area contributed by atoms with Crippen molar-refractivity contribution in [3.05, 3.63) is 89.6 Å². The molecule has 0 bridgehead atoms. The number of methoxy groups -OCH3 is 1. The lowest BCUT2D eigenvalue weighted by Gasteiger charge is -2.27. The van der Waals surface area contributed by atoms with Crippen molar-refractivity contribution >= 4 is 11.7 Å². The zero-order chi connectivity index (χ0) is 20.6. The number of carbonyl (C=O) groups is 1. The fraction of sp³-hybridized carbons (Fsp3) is 0.250. The molecule has 1 heterocycles. The Morgan fingerprint density at radius 2 is 1.76 bits per heavy atom. The van der Waals surface area contributed by atoms with Crippen LogP contribution in [0.15, 0.2) is 72.9 Å². The van der Waals surface area contributed by atoms with Gasteiger partial charge in [0, 0.05) is 30.9 Å². The maximum Gasteiger partial charge on any atom is 0.255 e. The van der Waals surface area contributed by atoms with Crippen LogP contribution in [0.5, 0.6) is 5.75 Å². The first-order valence-electron chi connectivity index (χ1n) is 9.75. The summed E-state index contributed by atoms with van der Waals surface area (Å²) in [4.78, 5) is 19.3. The van der Waals surface area contributed by atoms with Crippen molar-refractivity contribution in [2.24, 2.45) is 0 Å². The van der Waals surface area contributed by atoms with Gasteiger partial charge in [-0.15, -0.1) is 0 Å². The molecule has 0 fully saturated rings. The van der Waals surface area contributed by atoms with Crippen molar-refractivity contribution in [2.75, 3.05) is 12.4 Å². The van der Waals surface area contributed by atoms with Gasteiger partial charge in [0.2, 0.25) is 0 Å². The van der Waals surface area contributed by atoms with Gasteiger partial charge < -0.3 is 15.0 Å². The minimum Gasteiger partial charge on any atom is -0.496 e. The molecular weight excluding hydrogens is 362 g/mol. The van der Waals surface area contributed by atoms with Crippen LogP contribution in [0.1, 0.15) is 35.3 Å². The van der Waals surface area contributed by atoms with Crippen LogP contribution in [0, 0.1) is 0 Å². The number of anilines is 1. The van der Waals surface area contributed by atoms with Crippen LogP contribution >= 0.6 is 0 Å². The molecule has 3 rings (SSSR count). The molecule has 1 N–H and O–H groups in total. The van der Waals surface area contributed by atoms with E-state index >= 15 is 0 Å². The van der Waals surface area contributed by atoms with E-state index in [-0.39, 0.29) is 11.9 Å². The Morgan fingerprint density at radius 1 is 1.03 bits per heavy atom. The molecule has 0 radical (unpaired) electrons. The van der Waals surface area contributed by atoms with Crippen molar-refractivity contribution in [3.8, 4) is 5.75 Å². The first kappa shape index (κ1) is 20.4. The fourth-order valence-electron chi connectivity index (χ4n) is 3.09. The zero-order valence-electron chi connectivity index (χ0n) is 17.1. The Hall–Kier alpha value is -3.34. The number of aromatic nitrogens is 1. The summed E-state index contributed by atoms with van der Waals surface area (Å²) in [6, 6.07) is 21.6. The summed E-state index contributed by atoms with van der Waals surface area (Å²) >= 11 is 0. The quantitative estimate of drug-likeness (QED) is 0.604. The number of para-hydroxylation sites is 1. The molecular formula is C24H27N3O2. The summed E-state index contributed by atoms with van der Waals surface area (Å²) in [5.74, 6) is 1.53. The van der Waals surface area contributed by atoms with E-state index in [4.69, 9.17) is 4.74 Å². The lowest BCUT2D eigenvalue weighted by Crippen LogP contribution is -2.36. The van der Waals surface area contributed by atoms with Crippen LogP contribution < -0.4 is 10.1 Å². The molecule has 1 amide bonds. The van der Waals surface area contributed by atoms with E-state index in [1.807, 2.05) is 85.5 Å². The molecule has 0 saturated carbocycles. The largest absolute Gasteiger partial charge is 0.496 e. The summed E-state index contributed by atoms with van der Waals surface area (Å²) < 4.78 is 5.37. The minimum absolute atomic E-state index is 0.0207. The van der Waals surface area contributed by atoms with Gasteiger partial charge in [-0.25, -0.2) is 4.98 Å². The molecule has 0 aliphatic carbocycles. The van der Waals surface area contributed by atoms with Crippen molar-refractivity contribution in [3.63, 3.8) is 0 Å². The van der Waals surface area contributed by atoms with E-state index in [1.54, 1.807) is 13.3 Å². The van der Waals surface area contributed by atoms with E-state index in [9.17, 15) is 4.79 Å². The third-order valence-electron chi connectivity index (χ3n) is 4.74. The highest BCUT2D eigenvalue weighted by Crippen LogP contribution is 2.19. The molecule has 0 aliphatic rings. The Bertz CT molecular complexity index is 924. The predicted molar refractivity (Wildman–Crippen MR) is 116 cm³/mol. The van der Waals surface area contributed by atoms with Gasteiger partial charge in [0.1, 0.15) is 11.6 Å². The summed E-state index contributed by atoms with van der Waals surface area (Å²) in [5, 5.41) is 3.28. The smallest absolute Gasteiger partial charge is 0.255 e. The Labute approximate surface area is 172 Å².